The standard InChI is InChI=1S/C15H15Cl2N3/c16-11-6-10(7-12(17)8-11)15(20-18)13-4-3-9-2-1-5-19-14(9)13/h1-2,5-8,13,15,20H,3-4,18H2. The zero-order valence-electron chi connectivity index (χ0n) is 10.8. The molecule has 0 aliphatic heterocycles. The topological polar surface area (TPSA) is 50.9 Å². The zero-order chi connectivity index (χ0) is 14.1. The van der Waals surface area contributed by atoms with Gasteiger partial charge in [0.15, 0.2) is 0 Å². The van der Waals surface area contributed by atoms with Crippen molar-refractivity contribution >= 4 is 23.2 Å². The van der Waals surface area contributed by atoms with Gasteiger partial charge in [-0.1, -0.05) is 29.3 Å². The van der Waals surface area contributed by atoms with Crippen molar-refractivity contribution in [2.45, 2.75) is 24.8 Å². The second-order valence-electron chi connectivity index (χ2n) is 5.04. The van der Waals surface area contributed by atoms with E-state index in [1.807, 2.05) is 24.4 Å². The van der Waals surface area contributed by atoms with Crippen molar-refractivity contribution in [1.82, 2.24) is 10.4 Å². The number of nitrogens with two attached hydrogens (primary N) is 1. The zero-order valence-corrected chi connectivity index (χ0v) is 12.3. The van der Waals surface area contributed by atoms with E-state index in [1.54, 1.807) is 6.07 Å². The number of hydrogen-bond donors (Lipinski definition) is 2. The molecule has 0 saturated carbocycles. The highest BCUT2D eigenvalue weighted by molar-refractivity contribution is 6.34. The lowest BCUT2D eigenvalue weighted by molar-refractivity contribution is 0.447. The number of nitrogens with zero attached hydrogens (tertiary/aromatic N) is 1. The van der Waals surface area contributed by atoms with Gasteiger partial charge in [-0.15, -0.1) is 0 Å². The van der Waals surface area contributed by atoms with Crippen molar-refractivity contribution in [3.05, 3.63) is 63.4 Å². The third kappa shape index (κ3) is 2.54. The molecule has 1 aliphatic carbocycles. The maximum absolute atomic E-state index is 6.09. The van der Waals surface area contributed by atoms with Gasteiger partial charge in [0.2, 0.25) is 0 Å². The summed E-state index contributed by atoms with van der Waals surface area (Å²) in [5.41, 5.74) is 6.31. The van der Waals surface area contributed by atoms with E-state index >= 15 is 0 Å². The predicted molar refractivity (Wildman–Crippen MR) is 81.8 cm³/mol. The van der Waals surface area contributed by atoms with Gasteiger partial charge in [0, 0.05) is 27.9 Å². The fourth-order valence-corrected chi connectivity index (χ4v) is 3.51. The van der Waals surface area contributed by atoms with Crippen LogP contribution < -0.4 is 11.3 Å². The lowest BCUT2D eigenvalue weighted by Gasteiger charge is -2.24. The van der Waals surface area contributed by atoms with E-state index in [2.05, 4.69) is 16.5 Å². The van der Waals surface area contributed by atoms with Crippen molar-refractivity contribution in [3.63, 3.8) is 0 Å². The summed E-state index contributed by atoms with van der Waals surface area (Å²) >= 11 is 12.2. The van der Waals surface area contributed by atoms with Gasteiger partial charge in [-0.25, -0.2) is 0 Å². The number of aromatic nitrogens is 1. The highest BCUT2D eigenvalue weighted by Gasteiger charge is 2.31. The average molecular weight is 308 g/mol. The molecule has 104 valence electrons. The van der Waals surface area contributed by atoms with E-state index in [0.717, 1.165) is 24.1 Å². The Balaban J connectivity index is 1.99. The lowest BCUT2D eigenvalue weighted by atomic mass is 9.91. The Labute approximate surface area is 128 Å². The lowest BCUT2D eigenvalue weighted by Crippen LogP contribution is -2.32. The molecular formula is C15H15Cl2N3. The summed E-state index contributed by atoms with van der Waals surface area (Å²) in [5, 5.41) is 1.24. The summed E-state index contributed by atoms with van der Waals surface area (Å²) in [4.78, 5) is 4.52. The summed E-state index contributed by atoms with van der Waals surface area (Å²) in [6, 6.07) is 9.59. The monoisotopic (exact) mass is 307 g/mol. The molecule has 20 heavy (non-hydrogen) atoms. The number of hydrogen-bond acceptors (Lipinski definition) is 3. The van der Waals surface area contributed by atoms with Crippen molar-refractivity contribution in [1.29, 1.82) is 0 Å². The Morgan fingerprint density at radius 3 is 2.70 bits per heavy atom. The highest BCUT2D eigenvalue weighted by atomic mass is 35.5. The molecule has 2 atom stereocenters. The molecule has 1 heterocycles. The second-order valence-corrected chi connectivity index (χ2v) is 5.91. The van der Waals surface area contributed by atoms with E-state index in [9.17, 15) is 0 Å². The Hall–Kier alpha value is -1.13. The fraction of sp³-hybridized carbons (Fsp3) is 0.267. The Morgan fingerprint density at radius 2 is 2.00 bits per heavy atom. The van der Waals surface area contributed by atoms with Crippen LogP contribution in [0.15, 0.2) is 36.5 Å². The first-order chi connectivity index (χ1) is 9.69. The third-order valence-electron chi connectivity index (χ3n) is 3.83. The van der Waals surface area contributed by atoms with Crippen LogP contribution in [0.4, 0.5) is 0 Å². The first-order valence-electron chi connectivity index (χ1n) is 6.55. The smallest absolute Gasteiger partial charge is 0.0544 e. The van der Waals surface area contributed by atoms with Gasteiger partial charge in [0.25, 0.3) is 0 Å². The van der Waals surface area contributed by atoms with E-state index < -0.39 is 0 Å². The molecule has 1 aromatic carbocycles. The molecule has 1 aromatic heterocycles. The maximum Gasteiger partial charge on any atom is 0.0544 e. The minimum Gasteiger partial charge on any atom is -0.271 e. The summed E-state index contributed by atoms with van der Waals surface area (Å²) < 4.78 is 0. The van der Waals surface area contributed by atoms with Crippen molar-refractivity contribution in [3.8, 4) is 0 Å². The van der Waals surface area contributed by atoms with Gasteiger partial charge < -0.3 is 0 Å². The van der Waals surface area contributed by atoms with E-state index in [0.29, 0.717) is 10.0 Å². The molecule has 2 aromatic rings. The normalized spacial score (nSPS) is 18.9. The number of fused-ring (bicyclic) bond motifs is 1. The fourth-order valence-electron chi connectivity index (χ4n) is 2.97. The minimum absolute atomic E-state index is 0.0395. The minimum atomic E-state index is -0.0395. The summed E-state index contributed by atoms with van der Waals surface area (Å²) in [6.07, 6.45) is 3.88. The van der Waals surface area contributed by atoms with Gasteiger partial charge in [0.1, 0.15) is 0 Å². The Bertz CT molecular complexity index is 610. The van der Waals surface area contributed by atoms with Crippen LogP contribution in [-0.2, 0) is 6.42 Å². The van der Waals surface area contributed by atoms with Gasteiger partial charge >= 0.3 is 0 Å². The Morgan fingerprint density at radius 1 is 1.25 bits per heavy atom. The number of halogens is 2. The number of aryl methyl sites for hydroxylation is 1. The quantitative estimate of drug-likeness (QED) is 0.672. The van der Waals surface area contributed by atoms with Gasteiger partial charge in [-0.05, 0) is 48.2 Å². The summed E-state index contributed by atoms with van der Waals surface area (Å²) in [5.74, 6) is 6.02. The molecule has 0 saturated heterocycles. The molecule has 1 aliphatic rings. The molecule has 0 amide bonds. The number of pyridine rings is 1. The number of benzene rings is 1. The van der Waals surface area contributed by atoms with Gasteiger partial charge in [0.05, 0.1) is 6.04 Å². The van der Waals surface area contributed by atoms with Crippen LogP contribution >= 0.6 is 23.2 Å². The van der Waals surface area contributed by atoms with Gasteiger partial charge in [-0.2, -0.15) is 0 Å². The first-order valence-corrected chi connectivity index (χ1v) is 7.30. The largest absolute Gasteiger partial charge is 0.271 e. The number of nitrogens with one attached hydrogen (secondary N) is 1. The first kappa shape index (κ1) is 13.8. The van der Waals surface area contributed by atoms with E-state index in [1.165, 1.54) is 5.56 Å². The molecule has 0 radical (unpaired) electrons. The number of rotatable bonds is 3. The highest BCUT2D eigenvalue weighted by Crippen LogP contribution is 2.41. The van der Waals surface area contributed by atoms with E-state index in [4.69, 9.17) is 29.0 Å². The summed E-state index contributed by atoms with van der Waals surface area (Å²) in [6.45, 7) is 0. The Kier molecular flexibility index (Phi) is 3.94. The average Bonchev–Trinajstić information content (AvgIpc) is 2.83. The molecule has 3 nitrogen and oxygen atoms in total. The van der Waals surface area contributed by atoms with Crippen LogP contribution in [0.5, 0.6) is 0 Å². The summed E-state index contributed by atoms with van der Waals surface area (Å²) in [7, 11) is 0. The van der Waals surface area contributed by atoms with Crippen molar-refractivity contribution in [2.75, 3.05) is 0 Å². The van der Waals surface area contributed by atoms with E-state index in [-0.39, 0.29) is 12.0 Å². The van der Waals surface area contributed by atoms with Crippen LogP contribution in [0.2, 0.25) is 10.0 Å². The molecule has 3 N–H and O–H groups in total. The van der Waals surface area contributed by atoms with Crippen molar-refractivity contribution < 1.29 is 0 Å². The second kappa shape index (κ2) is 5.70. The van der Waals surface area contributed by atoms with Gasteiger partial charge in [-0.3, -0.25) is 16.3 Å². The third-order valence-corrected chi connectivity index (χ3v) is 4.26. The number of hydrazine groups is 1. The molecule has 0 bridgehead atoms. The molecule has 0 spiro atoms. The van der Waals surface area contributed by atoms with Crippen LogP contribution in [0.25, 0.3) is 0 Å². The SMILES string of the molecule is NNC(c1cc(Cl)cc(Cl)c1)C1CCc2cccnc21. The predicted octanol–water partition coefficient (Wildman–Crippen LogP) is 3.62. The molecule has 5 heteroatoms. The molecule has 2 unspecified atom stereocenters. The molecule has 0 fully saturated rings. The molecular weight excluding hydrogens is 293 g/mol. The maximum atomic E-state index is 6.09. The molecule has 3 rings (SSSR count). The van der Waals surface area contributed by atoms with Crippen LogP contribution in [-0.4, -0.2) is 4.98 Å². The van der Waals surface area contributed by atoms with Crippen LogP contribution in [0, 0.1) is 0 Å². The van der Waals surface area contributed by atoms with Crippen LogP contribution in [0.1, 0.15) is 35.2 Å². The van der Waals surface area contributed by atoms with Crippen LogP contribution in [0.3, 0.4) is 0 Å². The van der Waals surface area contributed by atoms with Crippen molar-refractivity contribution in [2.24, 2.45) is 5.84 Å².